The van der Waals surface area contributed by atoms with Gasteiger partial charge in [0.25, 0.3) is 0 Å². The molecule has 0 aromatic heterocycles. The van der Waals surface area contributed by atoms with Gasteiger partial charge in [-0.25, -0.2) is 4.79 Å². The summed E-state index contributed by atoms with van der Waals surface area (Å²) in [5.74, 6) is 0.394. The first kappa shape index (κ1) is 13.3. The monoisotopic (exact) mass is 228 g/mol. The Balaban J connectivity index is 2.21. The smallest absolute Gasteiger partial charge is 0.409 e. The van der Waals surface area contributed by atoms with Crippen molar-refractivity contribution in [3.05, 3.63) is 0 Å². The Hall–Kier alpha value is -0.770. The number of nitrogens with one attached hydrogen (secondary N) is 1. The Kier molecular flexibility index (Phi) is 5.60. The molecule has 0 saturated carbocycles. The van der Waals surface area contributed by atoms with Crippen molar-refractivity contribution in [3.63, 3.8) is 0 Å². The fraction of sp³-hybridized carbons (Fsp3) is 0.917. The van der Waals surface area contributed by atoms with Crippen LogP contribution >= 0.6 is 0 Å². The van der Waals surface area contributed by atoms with Crippen LogP contribution in [0.4, 0.5) is 4.79 Å². The molecule has 1 N–H and O–H groups in total. The number of carbonyl (C=O) groups is 1. The van der Waals surface area contributed by atoms with Gasteiger partial charge < -0.3 is 15.0 Å². The van der Waals surface area contributed by atoms with Crippen molar-refractivity contribution in [1.29, 1.82) is 0 Å². The number of hydrogen-bond donors (Lipinski definition) is 1. The average Bonchev–Trinajstić information content (AvgIpc) is 2.27. The number of hydrogen-bond acceptors (Lipinski definition) is 3. The SMILES string of the molecule is CC(C)COC(=O)N(C)CC1CCCCN1. The summed E-state index contributed by atoms with van der Waals surface area (Å²) in [6.07, 6.45) is 3.45. The van der Waals surface area contributed by atoms with E-state index in [1.54, 1.807) is 11.9 Å². The minimum Gasteiger partial charge on any atom is -0.449 e. The largest absolute Gasteiger partial charge is 0.449 e. The summed E-state index contributed by atoms with van der Waals surface area (Å²) in [7, 11) is 1.80. The molecule has 0 aromatic carbocycles. The maximum Gasteiger partial charge on any atom is 0.409 e. The zero-order chi connectivity index (χ0) is 12.0. The molecule has 0 radical (unpaired) electrons. The van der Waals surface area contributed by atoms with E-state index in [2.05, 4.69) is 5.32 Å². The molecule has 4 nitrogen and oxygen atoms in total. The van der Waals surface area contributed by atoms with Gasteiger partial charge in [-0.05, 0) is 25.3 Å². The Bertz CT molecular complexity index is 213. The lowest BCUT2D eigenvalue weighted by Crippen LogP contribution is -2.44. The van der Waals surface area contributed by atoms with E-state index in [1.807, 2.05) is 13.8 Å². The average molecular weight is 228 g/mol. The number of piperidine rings is 1. The third kappa shape index (κ3) is 4.84. The van der Waals surface area contributed by atoms with Crippen LogP contribution < -0.4 is 5.32 Å². The minimum absolute atomic E-state index is 0.207. The Morgan fingerprint density at radius 1 is 1.50 bits per heavy atom. The molecule has 1 rings (SSSR count). The number of rotatable bonds is 4. The molecule has 1 atom stereocenters. The van der Waals surface area contributed by atoms with Gasteiger partial charge in [-0.3, -0.25) is 0 Å². The second-order valence-corrected chi connectivity index (χ2v) is 5.00. The minimum atomic E-state index is -0.207. The molecule has 0 aliphatic carbocycles. The van der Waals surface area contributed by atoms with Gasteiger partial charge in [-0.1, -0.05) is 20.3 Å². The molecule has 0 aromatic rings. The highest BCUT2D eigenvalue weighted by Crippen LogP contribution is 2.08. The van der Waals surface area contributed by atoms with Crippen molar-refractivity contribution in [2.45, 2.75) is 39.2 Å². The number of carbonyl (C=O) groups excluding carboxylic acids is 1. The van der Waals surface area contributed by atoms with Crippen molar-refractivity contribution in [2.24, 2.45) is 5.92 Å². The number of likely N-dealkylation sites (N-methyl/N-ethyl adjacent to an activating group) is 1. The fourth-order valence-corrected chi connectivity index (χ4v) is 1.83. The van der Waals surface area contributed by atoms with E-state index < -0.39 is 0 Å². The topological polar surface area (TPSA) is 41.6 Å². The van der Waals surface area contributed by atoms with E-state index in [4.69, 9.17) is 4.74 Å². The van der Waals surface area contributed by atoms with Crippen LogP contribution in [0.3, 0.4) is 0 Å². The van der Waals surface area contributed by atoms with Crippen molar-refractivity contribution in [1.82, 2.24) is 10.2 Å². The fourth-order valence-electron chi connectivity index (χ4n) is 1.83. The van der Waals surface area contributed by atoms with Gasteiger partial charge in [-0.15, -0.1) is 0 Å². The molecular weight excluding hydrogens is 204 g/mol. The lowest BCUT2D eigenvalue weighted by molar-refractivity contribution is 0.0957. The zero-order valence-corrected chi connectivity index (χ0v) is 10.7. The van der Waals surface area contributed by atoms with Crippen LogP contribution in [0.1, 0.15) is 33.1 Å². The third-order valence-corrected chi connectivity index (χ3v) is 2.76. The Morgan fingerprint density at radius 3 is 2.81 bits per heavy atom. The lowest BCUT2D eigenvalue weighted by Gasteiger charge is -2.27. The summed E-state index contributed by atoms with van der Waals surface area (Å²) in [4.78, 5) is 13.3. The molecule has 1 unspecified atom stereocenters. The first-order valence-electron chi connectivity index (χ1n) is 6.21. The van der Waals surface area contributed by atoms with Gasteiger partial charge in [0.05, 0.1) is 6.61 Å². The van der Waals surface area contributed by atoms with E-state index in [1.165, 1.54) is 12.8 Å². The molecule has 1 heterocycles. The quantitative estimate of drug-likeness (QED) is 0.798. The van der Waals surface area contributed by atoms with Gasteiger partial charge in [0, 0.05) is 19.6 Å². The van der Waals surface area contributed by atoms with E-state index in [-0.39, 0.29) is 6.09 Å². The van der Waals surface area contributed by atoms with E-state index in [0.717, 1.165) is 19.5 Å². The van der Waals surface area contributed by atoms with Crippen LogP contribution in [-0.4, -0.2) is 43.8 Å². The highest BCUT2D eigenvalue weighted by molar-refractivity contribution is 5.67. The van der Waals surface area contributed by atoms with Crippen LogP contribution in [0.25, 0.3) is 0 Å². The molecule has 0 bridgehead atoms. The maximum atomic E-state index is 11.6. The molecule has 1 saturated heterocycles. The molecule has 4 heteroatoms. The Labute approximate surface area is 98.3 Å². The zero-order valence-electron chi connectivity index (χ0n) is 10.7. The highest BCUT2D eigenvalue weighted by atomic mass is 16.6. The number of amides is 1. The predicted molar refractivity (Wildman–Crippen MR) is 64.5 cm³/mol. The molecule has 16 heavy (non-hydrogen) atoms. The Morgan fingerprint density at radius 2 is 2.25 bits per heavy atom. The van der Waals surface area contributed by atoms with Gasteiger partial charge >= 0.3 is 6.09 Å². The summed E-state index contributed by atoms with van der Waals surface area (Å²) in [5.41, 5.74) is 0. The summed E-state index contributed by atoms with van der Waals surface area (Å²) in [5, 5.41) is 3.42. The van der Waals surface area contributed by atoms with Crippen LogP contribution in [0.2, 0.25) is 0 Å². The first-order valence-corrected chi connectivity index (χ1v) is 6.21. The molecule has 0 spiro atoms. The van der Waals surface area contributed by atoms with Gasteiger partial charge in [0.2, 0.25) is 0 Å². The van der Waals surface area contributed by atoms with Crippen molar-refractivity contribution < 1.29 is 9.53 Å². The second-order valence-electron chi connectivity index (χ2n) is 5.00. The first-order chi connectivity index (χ1) is 7.59. The number of nitrogens with zero attached hydrogens (tertiary/aromatic N) is 1. The molecule has 1 amide bonds. The third-order valence-electron chi connectivity index (χ3n) is 2.76. The molecule has 1 aliphatic heterocycles. The normalized spacial score (nSPS) is 20.9. The van der Waals surface area contributed by atoms with E-state index in [9.17, 15) is 4.79 Å². The van der Waals surface area contributed by atoms with Gasteiger partial charge in [0.1, 0.15) is 0 Å². The molecular formula is C12H24N2O2. The standard InChI is InChI=1S/C12H24N2O2/c1-10(2)9-16-12(15)14(3)8-11-6-4-5-7-13-11/h10-11,13H,4-9H2,1-3H3. The van der Waals surface area contributed by atoms with Crippen molar-refractivity contribution in [2.75, 3.05) is 26.7 Å². The number of ether oxygens (including phenoxy) is 1. The van der Waals surface area contributed by atoms with Crippen molar-refractivity contribution in [3.8, 4) is 0 Å². The summed E-state index contributed by atoms with van der Waals surface area (Å²) >= 11 is 0. The van der Waals surface area contributed by atoms with Crippen LogP contribution in [-0.2, 0) is 4.74 Å². The summed E-state index contributed by atoms with van der Waals surface area (Å²) < 4.78 is 5.17. The molecule has 1 fully saturated rings. The maximum absolute atomic E-state index is 11.6. The van der Waals surface area contributed by atoms with Gasteiger partial charge in [0.15, 0.2) is 0 Å². The lowest BCUT2D eigenvalue weighted by atomic mass is 10.1. The van der Waals surface area contributed by atoms with E-state index in [0.29, 0.717) is 18.6 Å². The molecule has 94 valence electrons. The van der Waals surface area contributed by atoms with Crippen LogP contribution in [0, 0.1) is 5.92 Å². The summed E-state index contributed by atoms with van der Waals surface area (Å²) in [6.45, 7) is 6.39. The highest BCUT2D eigenvalue weighted by Gasteiger charge is 2.18. The van der Waals surface area contributed by atoms with E-state index >= 15 is 0 Å². The predicted octanol–water partition coefficient (Wildman–Crippen LogP) is 1.85. The second kappa shape index (κ2) is 6.74. The van der Waals surface area contributed by atoms with Crippen LogP contribution in [0.15, 0.2) is 0 Å². The van der Waals surface area contributed by atoms with Crippen molar-refractivity contribution >= 4 is 6.09 Å². The van der Waals surface area contributed by atoms with Gasteiger partial charge in [-0.2, -0.15) is 0 Å². The summed E-state index contributed by atoms with van der Waals surface area (Å²) in [6, 6.07) is 0.436. The molecule has 1 aliphatic rings. The van der Waals surface area contributed by atoms with Crippen LogP contribution in [0.5, 0.6) is 0 Å².